The van der Waals surface area contributed by atoms with Crippen molar-refractivity contribution in [3.63, 3.8) is 0 Å². The van der Waals surface area contributed by atoms with Gasteiger partial charge in [0.1, 0.15) is 10.7 Å². The summed E-state index contributed by atoms with van der Waals surface area (Å²) in [5.74, 6) is -0.385. The first-order valence-electron chi connectivity index (χ1n) is 6.19. The highest BCUT2D eigenvalue weighted by molar-refractivity contribution is 7.12. The molecule has 0 saturated carbocycles. The fourth-order valence-corrected chi connectivity index (χ4v) is 2.60. The maximum absolute atomic E-state index is 11.5. The summed E-state index contributed by atoms with van der Waals surface area (Å²) in [7, 11) is 0. The third-order valence-corrected chi connectivity index (χ3v) is 4.11. The minimum absolute atomic E-state index is 0.112. The van der Waals surface area contributed by atoms with Crippen LogP contribution in [-0.2, 0) is 0 Å². The molecule has 0 unspecified atom stereocenters. The van der Waals surface area contributed by atoms with Crippen LogP contribution in [0.1, 0.15) is 19.3 Å². The van der Waals surface area contributed by atoms with E-state index in [0.29, 0.717) is 15.6 Å². The Balaban J connectivity index is 0.000000188. The SMILES string of the molecule is O=C(Nc1ccccn1)c1cccs1.O=C(O)c1cccs1. The van der Waals surface area contributed by atoms with Crippen LogP contribution in [-0.4, -0.2) is 22.0 Å². The maximum Gasteiger partial charge on any atom is 0.345 e. The van der Waals surface area contributed by atoms with Crippen molar-refractivity contribution >= 4 is 40.4 Å². The number of anilines is 1. The number of pyridine rings is 1. The van der Waals surface area contributed by atoms with E-state index in [2.05, 4.69) is 10.3 Å². The third kappa shape index (κ3) is 4.80. The lowest BCUT2D eigenvalue weighted by molar-refractivity contribution is 0.0702. The van der Waals surface area contributed by atoms with E-state index in [4.69, 9.17) is 5.11 Å². The minimum atomic E-state index is -0.847. The zero-order chi connectivity index (χ0) is 15.8. The Morgan fingerprint density at radius 2 is 1.64 bits per heavy atom. The predicted molar refractivity (Wildman–Crippen MR) is 87.8 cm³/mol. The van der Waals surface area contributed by atoms with E-state index in [9.17, 15) is 9.59 Å². The first kappa shape index (κ1) is 15.9. The van der Waals surface area contributed by atoms with Crippen LogP contribution in [0.25, 0.3) is 0 Å². The lowest BCUT2D eigenvalue weighted by Crippen LogP contribution is -2.10. The van der Waals surface area contributed by atoms with Crippen molar-refractivity contribution in [2.45, 2.75) is 0 Å². The van der Waals surface area contributed by atoms with E-state index >= 15 is 0 Å². The highest BCUT2D eigenvalue weighted by atomic mass is 32.1. The minimum Gasteiger partial charge on any atom is -0.477 e. The van der Waals surface area contributed by atoms with Crippen LogP contribution in [0.2, 0.25) is 0 Å². The largest absolute Gasteiger partial charge is 0.477 e. The van der Waals surface area contributed by atoms with Gasteiger partial charge in [0.2, 0.25) is 0 Å². The molecule has 0 atom stereocenters. The molecule has 3 heterocycles. The number of carboxylic acids is 1. The molecule has 0 radical (unpaired) electrons. The van der Waals surface area contributed by atoms with Gasteiger partial charge in [0.15, 0.2) is 0 Å². The van der Waals surface area contributed by atoms with Gasteiger partial charge in [-0.2, -0.15) is 0 Å². The Morgan fingerprint density at radius 3 is 2.09 bits per heavy atom. The molecule has 1 amide bonds. The first-order chi connectivity index (χ1) is 10.7. The van der Waals surface area contributed by atoms with Crippen molar-refractivity contribution in [1.82, 2.24) is 4.98 Å². The summed E-state index contributed by atoms with van der Waals surface area (Å²) in [5.41, 5.74) is 0. The number of hydrogen-bond acceptors (Lipinski definition) is 5. The summed E-state index contributed by atoms with van der Waals surface area (Å²) in [4.78, 5) is 26.7. The second-order valence-corrected chi connectivity index (χ2v) is 5.82. The second kappa shape index (κ2) is 8.06. The molecule has 0 aliphatic rings. The van der Waals surface area contributed by atoms with Crippen LogP contribution in [0.5, 0.6) is 0 Å². The number of aromatic carboxylic acids is 1. The van der Waals surface area contributed by atoms with Crippen molar-refractivity contribution in [2.75, 3.05) is 5.32 Å². The van der Waals surface area contributed by atoms with Gasteiger partial charge >= 0.3 is 5.97 Å². The Morgan fingerprint density at radius 1 is 0.955 bits per heavy atom. The average Bonchev–Trinajstić information content (AvgIpc) is 3.23. The molecule has 3 aromatic rings. The summed E-state index contributed by atoms with van der Waals surface area (Å²) in [6, 6.07) is 12.3. The molecule has 0 fully saturated rings. The quantitative estimate of drug-likeness (QED) is 0.764. The summed E-state index contributed by atoms with van der Waals surface area (Å²) < 4.78 is 0. The van der Waals surface area contributed by atoms with Crippen LogP contribution < -0.4 is 5.32 Å². The zero-order valence-electron chi connectivity index (χ0n) is 11.3. The molecule has 7 heteroatoms. The van der Waals surface area contributed by atoms with Crippen LogP contribution >= 0.6 is 22.7 Å². The molecule has 22 heavy (non-hydrogen) atoms. The molecular weight excluding hydrogens is 320 g/mol. The molecule has 3 rings (SSSR count). The molecule has 0 aliphatic heterocycles. The molecule has 0 spiro atoms. The van der Waals surface area contributed by atoms with Gasteiger partial charge in [0, 0.05) is 6.20 Å². The van der Waals surface area contributed by atoms with E-state index in [-0.39, 0.29) is 5.91 Å². The predicted octanol–water partition coefficient (Wildman–Crippen LogP) is 3.84. The van der Waals surface area contributed by atoms with Gasteiger partial charge in [-0.1, -0.05) is 18.2 Å². The Hall–Kier alpha value is -2.51. The van der Waals surface area contributed by atoms with Gasteiger partial charge in [-0.3, -0.25) is 4.79 Å². The van der Waals surface area contributed by atoms with Crippen molar-refractivity contribution in [1.29, 1.82) is 0 Å². The smallest absolute Gasteiger partial charge is 0.345 e. The topological polar surface area (TPSA) is 79.3 Å². The molecule has 0 aliphatic carbocycles. The van der Waals surface area contributed by atoms with Gasteiger partial charge in [-0.25, -0.2) is 9.78 Å². The highest BCUT2D eigenvalue weighted by Gasteiger charge is 2.06. The van der Waals surface area contributed by atoms with E-state index in [0.717, 1.165) is 0 Å². The number of carbonyl (C=O) groups is 2. The highest BCUT2D eigenvalue weighted by Crippen LogP contribution is 2.11. The molecule has 112 valence electrons. The molecule has 0 saturated heterocycles. The van der Waals surface area contributed by atoms with E-state index in [1.165, 1.54) is 22.7 Å². The monoisotopic (exact) mass is 332 g/mol. The fourth-order valence-electron chi connectivity index (χ4n) is 1.42. The zero-order valence-corrected chi connectivity index (χ0v) is 12.9. The lowest BCUT2D eigenvalue weighted by atomic mass is 10.4. The number of hydrogen-bond donors (Lipinski definition) is 2. The Kier molecular flexibility index (Phi) is 5.81. The number of nitrogens with zero attached hydrogens (tertiary/aromatic N) is 1. The maximum atomic E-state index is 11.5. The summed E-state index contributed by atoms with van der Waals surface area (Å²) >= 11 is 2.64. The number of carboxylic acid groups (broad SMARTS) is 1. The molecule has 5 nitrogen and oxygen atoms in total. The third-order valence-electron chi connectivity index (χ3n) is 2.38. The van der Waals surface area contributed by atoms with Crippen molar-refractivity contribution in [3.05, 3.63) is 69.2 Å². The summed E-state index contributed by atoms with van der Waals surface area (Å²) in [6.07, 6.45) is 1.64. The van der Waals surface area contributed by atoms with E-state index in [1.807, 2.05) is 17.5 Å². The van der Waals surface area contributed by atoms with Gasteiger partial charge in [-0.05, 0) is 35.0 Å². The molecule has 0 aromatic carbocycles. The van der Waals surface area contributed by atoms with Gasteiger partial charge < -0.3 is 10.4 Å². The number of aromatic nitrogens is 1. The standard InChI is InChI=1S/C10H8N2OS.C5H4O2S/c13-10(8-4-3-7-14-8)12-9-5-1-2-6-11-9;6-5(7)4-2-1-3-8-4/h1-7H,(H,11,12,13);1-3H,(H,6,7). The summed E-state index contributed by atoms with van der Waals surface area (Å²) in [6.45, 7) is 0. The van der Waals surface area contributed by atoms with Crippen LogP contribution in [0.3, 0.4) is 0 Å². The molecule has 2 N–H and O–H groups in total. The molecular formula is C15H12N2O3S2. The molecule has 0 bridgehead atoms. The number of rotatable bonds is 3. The Labute approximate surface area is 134 Å². The van der Waals surface area contributed by atoms with Crippen molar-refractivity contribution in [2.24, 2.45) is 0 Å². The fraction of sp³-hybridized carbons (Fsp3) is 0. The Bertz CT molecular complexity index is 711. The van der Waals surface area contributed by atoms with Gasteiger partial charge in [0.25, 0.3) is 5.91 Å². The van der Waals surface area contributed by atoms with Crippen LogP contribution in [0.4, 0.5) is 5.82 Å². The number of nitrogens with one attached hydrogen (secondary N) is 1. The van der Waals surface area contributed by atoms with Crippen molar-refractivity contribution < 1.29 is 14.7 Å². The first-order valence-corrected chi connectivity index (χ1v) is 7.95. The molecule has 3 aromatic heterocycles. The number of carbonyl (C=O) groups excluding carboxylic acids is 1. The average molecular weight is 332 g/mol. The van der Waals surface area contributed by atoms with E-state index < -0.39 is 5.97 Å². The summed E-state index contributed by atoms with van der Waals surface area (Å²) in [5, 5.41) is 14.6. The van der Waals surface area contributed by atoms with Crippen LogP contribution in [0.15, 0.2) is 59.4 Å². The van der Waals surface area contributed by atoms with E-state index in [1.54, 1.807) is 41.9 Å². The lowest BCUT2D eigenvalue weighted by Gasteiger charge is -2.00. The van der Waals surface area contributed by atoms with Gasteiger partial charge in [-0.15, -0.1) is 22.7 Å². The van der Waals surface area contributed by atoms with Crippen LogP contribution in [0, 0.1) is 0 Å². The van der Waals surface area contributed by atoms with Gasteiger partial charge in [0.05, 0.1) is 4.88 Å². The van der Waals surface area contributed by atoms with Crippen molar-refractivity contribution in [3.8, 4) is 0 Å². The second-order valence-electron chi connectivity index (χ2n) is 3.93. The number of amides is 1. The normalized spacial score (nSPS) is 9.45. The number of thiophene rings is 2.